The Kier molecular flexibility index (Phi) is 3.54. The summed E-state index contributed by atoms with van der Waals surface area (Å²) in [7, 11) is 0. The van der Waals surface area contributed by atoms with Crippen LogP contribution >= 0.6 is 0 Å². The summed E-state index contributed by atoms with van der Waals surface area (Å²) in [5.74, 6) is -1.39. The summed E-state index contributed by atoms with van der Waals surface area (Å²) in [5.41, 5.74) is 1.04. The second kappa shape index (κ2) is 5.09. The zero-order valence-electron chi connectivity index (χ0n) is 8.83. The Balaban J connectivity index is 1.88. The summed E-state index contributed by atoms with van der Waals surface area (Å²) in [4.78, 5) is 10.9. The fraction of sp³-hybridized carbons (Fsp3) is 0.417. The highest BCUT2D eigenvalue weighted by molar-refractivity contribution is 5.71. The molecule has 0 bridgehead atoms. The SMILES string of the molecule is O=C(O)C1COCC1OCc1ccccc1. The van der Waals surface area contributed by atoms with Crippen LogP contribution in [0.25, 0.3) is 0 Å². The van der Waals surface area contributed by atoms with Gasteiger partial charge in [0.1, 0.15) is 5.92 Å². The van der Waals surface area contributed by atoms with Crippen LogP contribution in [0.1, 0.15) is 5.56 Å². The zero-order valence-corrected chi connectivity index (χ0v) is 8.83. The van der Waals surface area contributed by atoms with Gasteiger partial charge in [-0.05, 0) is 5.56 Å². The second-order valence-corrected chi connectivity index (χ2v) is 3.82. The Bertz CT molecular complexity index is 349. The van der Waals surface area contributed by atoms with Crippen LogP contribution in [-0.4, -0.2) is 30.4 Å². The summed E-state index contributed by atoms with van der Waals surface area (Å²) in [5, 5.41) is 8.92. The number of aliphatic carboxylic acids is 1. The highest BCUT2D eigenvalue weighted by Gasteiger charge is 2.34. The van der Waals surface area contributed by atoms with Gasteiger partial charge < -0.3 is 14.6 Å². The quantitative estimate of drug-likeness (QED) is 0.834. The summed E-state index contributed by atoms with van der Waals surface area (Å²) >= 11 is 0. The van der Waals surface area contributed by atoms with Crippen LogP contribution in [0.5, 0.6) is 0 Å². The van der Waals surface area contributed by atoms with E-state index in [1.165, 1.54) is 0 Å². The molecule has 4 nitrogen and oxygen atoms in total. The monoisotopic (exact) mass is 222 g/mol. The van der Waals surface area contributed by atoms with Crippen LogP contribution in [0.15, 0.2) is 30.3 Å². The van der Waals surface area contributed by atoms with Gasteiger partial charge in [0.05, 0.1) is 25.9 Å². The van der Waals surface area contributed by atoms with Gasteiger partial charge in [0.2, 0.25) is 0 Å². The lowest BCUT2D eigenvalue weighted by molar-refractivity contribution is -0.145. The maximum Gasteiger partial charge on any atom is 0.311 e. The number of hydrogen-bond acceptors (Lipinski definition) is 3. The topological polar surface area (TPSA) is 55.8 Å². The highest BCUT2D eigenvalue weighted by Crippen LogP contribution is 2.18. The average molecular weight is 222 g/mol. The minimum atomic E-state index is -0.851. The number of rotatable bonds is 4. The molecule has 0 radical (unpaired) electrons. The fourth-order valence-corrected chi connectivity index (χ4v) is 1.71. The lowest BCUT2D eigenvalue weighted by Crippen LogP contribution is -2.28. The van der Waals surface area contributed by atoms with Crippen molar-refractivity contribution in [2.45, 2.75) is 12.7 Å². The largest absolute Gasteiger partial charge is 0.481 e. The predicted molar refractivity (Wildman–Crippen MR) is 57.0 cm³/mol. The molecule has 1 fully saturated rings. The molecule has 4 heteroatoms. The number of benzene rings is 1. The Labute approximate surface area is 93.8 Å². The van der Waals surface area contributed by atoms with Crippen molar-refractivity contribution in [3.63, 3.8) is 0 Å². The van der Waals surface area contributed by atoms with Gasteiger partial charge >= 0.3 is 5.97 Å². The first-order chi connectivity index (χ1) is 7.77. The third-order valence-corrected chi connectivity index (χ3v) is 2.65. The maximum absolute atomic E-state index is 10.9. The lowest BCUT2D eigenvalue weighted by Gasteiger charge is -2.14. The highest BCUT2D eigenvalue weighted by atomic mass is 16.5. The van der Waals surface area contributed by atoms with Crippen molar-refractivity contribution < 1.29 is 19.4 Å². The van der Waals surface area contributed by atoms with E-state index in [4.69, 9.17) is 14.6 Å². The van der Waals surface area contributed by atoms with E-state index in [1.54, 1.807) is 0 Å². The van der Waals surface area contributed by atoms with Crippen molar-refractivity contribution >= 4 is 5.97 Å². The number of carboxylic acid groups (broad SMARTS) is 1. The molecule has 1 saturated heterocycles. The number of carbonyl (C=O) groups is 1. The standard InChI is InChI=1S/C12H14O4/c13-12(14)10-7-15-8-11(10)16-6-9-4-2-1-3-5-9/h1-5,10-11H,6-8H2,(H,13,14). The van der Waals surface area contributed by atoms with Crippen LogP contribution < -0.4 is 0 Å². The molecular formula is C12H14O4. The van der Waals surface area contributed by atoms with E-state index >= 15 is 0 Å². The van der Waals surface area contributed by atoms with Crippen LogP contribution in [0.3, 0.4) is 0 Å². The van der Waals surface area contributed by atoms with E-state index in [0.29, 0.717) is 13.2 Å². The van der Waals surface area contributed by atoms with Crippen molar-refractivity contribution in [1.82, 2.24) is 0 Å². The molecule has 1 aromatic carbocycles. The van der Waals surface area contributed by atoms with Crippen LogP contribution in [-0.2, 0) is 20.9 Å². The molecule has 0 aliphatic carbocycles. The van der Waals surface area contributed by atoms with Gasteiger partial charge in [0.15, 0.2) is 0 Å². The minimum Gasteiger partial charge on any atom is -0.481 e. The molecule has 1 aliphatic heterocycles. The van der Waals surface area contributed by atoms with Crippen molar-refractivity contribution in [1.29, 1.82) is 0 Å². The van der Waals surface area contributed by atoms with Crippen molar-refractivity contribution in [3.8, 4) is 0 Å². The Morgan fingerprint density at radius 1 is 1.38 bits per heavy atom. The van der Waals surface area contributed by atoms with E-state index in [9.17, 15) is 4.79 Å². The molecule has 2 rings (SSSR count). The predicted octanol–water partition coefficient (Wildman–Crippen LogP) is 1.30. The molecule has 1 aromatic rings. The molecule has 2 unspecified atom stereocenters. The lowest BCUT2D eigenvalue weighted by atomic mass is 10.1. The number of hydrogen-bond donors (Lipinski definition) is 1. The molecule has 0 spiro atoms. The third-order valence-electron chi connectivity index (χ3n) is 2.65. The Hall–Kier alpha value is -1.39. The molecule has 1 N–H and O–H groups in total. The second-order valence-electron chi connectivity index (χ2n) is 3.82. The van der Waals surface area contributed by atoms with Gasteiger partial charge in [-0.2, -0.15) is 0 Å². The molecule has 0 amide bonds. The van der Waals surface area contributed by atoms with Crippen LogP contribution in [0, 0.1) is 5.92 Å². The first kappa shape index (κ1) is 11.1. The molecular weight excluding hydrogens is 208 g/mol. The first-order valence-corrected chi connectivity index (χ1v) is 5.23. The summed E-state index contributed by atoms with van der Waals surface area (Å²) in [6.07, 6.45) is -0.335. The van der Waals surface area contributed by atoms with Gasteiger partial charge in [-0.3, -0.25) is 4.79 Å². The molecule has 0 aromatic heterocycles. The fourth-order valence-electron chi connectivity index (χ4n) is 1.71. The van der Waals surface area contributed by atoms with Gasteiger partial charge in [0, 0.05) is 0 Å². The molecule has 1 aliphatic rings. The molecule has 16 heavy (non-hydrogen) atoms. The van der Waals surface area contributed by atoms with E-state index in [1.807, 2.05) is 30.3 Å². The average Bonchev–Trinajstić information content (AvgIpc) is 2.76. The van der Waals surface area contributed by atoms with Gasteiger partial charge in [-0.25, -0.2) is 0 Å². The first-order valence-electron chi connectivity index (χ1n) is 5.23. The zero-order chi connectivity index (χ0) is 11.4. The van der Waals surface area contributed by atoms with Crippen LogP contribution in [0.2, 0.25) is 0 Å². The number of carboxylic acids is 1. The minimum absolute atomic E-state index is 0.245. The molecule has 1 heterocycles. The van der Waals surface area contributed by atoms with E-state index in [0.717, 1.165) is 5.56 Å². The van der Waals surface area contributed by atoms with Gasteiger partial charge in [-0.1, -0.05) is 30.3 Å². The van der Waals surface area contributed by atoms with Gasteiger partial charge in [-0.15, -0.1) is 0 Å². The van der Waals surface area contributed by atoms with Gasteiger partial charge in [0.25, 0.3) is 0 Å². The Morgan fingerprint density at radius 2 is 2.12 bits per heavy atom. The van der Waals surface area contributed by atoms with Crippen molar-refractivity contribution in [2.24, 2.45) is 5.92 Å². The molecule has 86 valence electrons. The third kappa shape index (κ3) is 2.59. The number of ether oxygens (including phenoxy) is 2. The normalized spacial score (nSPS) is 24.5. The van der Waals surface area contributed by atoms with Crippen molar-refractivity contribution in [3.05, 3.63) is 35.9 Å². The van der Waals surface area contributed by atoms with Crippen molar-refractivity contribution in [2.75, 3.05) is 13.2 Å². The summed E-state index contributed by atoms with van der Waals surface area (Å²) < 4.78 is 10.7. The smallest absolute Gasteiger partial charge is 0.311 e. The summed E-state index contributed by atoms with van der Waals surface area (Å²) in [6.45, 7) is 1.04. The van der Waals surface area contributed by atoms with E-state index in [2.05, 4.69) is 0 Å². The maximum atomic E-state index is 10.9. The van der Waals surface area contributed by atoms with Crippen LogP contribution in [0.4, 0.5) is 0 Å². The molecule has 0 saturated carbocycles. The van der Waals surface area contributed by atoms with E-state index in [-0.39, 0.29) is 12.7 Å². The van der Waals surface area contributed by atoms with E-state index < -0.39 is 11.9 Å². The Morgan fingerprint density at radius 3 is 2.81 bits per heavy atom. The summed E-state index contributed by atoms with van der Waals surface area (Å²) in [6, 6.07) is 9.69. The molecule has 2 atom stereocenters.